The van der Waals surface area contributed by atoms with Gasteiger partial charge >= 0.3 is 6.09 Å². The number of methoxy groups -OCH3 is 1. The Morgan fingerprint density at radius 1 is 1.31 bits per heavy atom. The minimum Gasteiger partial charge on any atom is -0.493 e. The Bertz CT molecular complexity index is 365. The Hall–Kier alpha value is -1.71. The highest BCUT2D eigenvalue weighted by molar-refractivity contribution is 5.85. The molecule has 0 saturated carbocycles. The van der Waals surface area contributed by atoms with Gasteiger partial charge in [0.25, 0.3) is 0 Å². The molecule has 0 radical (unpaired) electrons. The molecule has 0 aromatic heterocycles. The quantitative estimate of drug-likeness (QED) is 0.857. The molecule has 88 valence electrons. The summed E-state index contributed by atoms with van der Waals surface area (Å²) in [6.45, 7) is 6.46. The molecular weight excluding hydrogens is 206 g/mol. The van der Waals surface area contributed by atoms with E-state index in [1.807, 2.05) is 32.9 Å². The summed E-state index contributed by atoms with van der Waals surface area (Å²) >= 11 is 0. The summed E-state index contributed by atoms with van der Waals surface area (Å²) in [4.78, 5) is 11.0. The minimum absolute atomic E-state index is 0.469. The van der Waals surface area contributed by atoms with Gasteiger partial charge in [-0.25, -0.2) is 4.79 Å². The van der Waals surface area contributed by atoms with Gasteiger partial charge in [0.2, 0.25) is 0 Å². The van der Waals surface area contributed by atoms with E-state index < -0.39 is 6.09 Å². The first-order valence-corrected chi connectivity index (χ1v) is 5.17. The number of hydrogen-bond acceptors (Lipinski definition) is 3. The van der Waals surface area contributed by atoms with Crippen molar-refractivity contribution in [3.63, 3.8) is 0 Å². The average Bonchev–Trinajstić information content (AvgIpc) is 2.23. The number of nitrogens with one attached hydrogen (secondary N) is 1. The third-order valence-corrected chi connectivity index (χ3v) is 2.18. The number of carbonyl (C=O) groups is 1. The van der Waals surface area contributed by atoms with Crippen molar-refractivity contribution >= 4 is 11.8 Å². The zero-order chi connectivity index (χ0) is 12.1. The molecule has 0 bridgehead atoms. The summed E-state index contributed by atoms with van der Waals surface area (Å²) in [6, 6.07) is 3.71. The maximum absolute atomic E-state index is 11.0. The highest BCUT2D eigenvalue weighted by Crippen LogP contribution is 2.27. The molecule has 0 unspecified atom stereocenters. The predicted octanol–water partition coefficient (Wildman–Crippen LogP) is 2.88. The zero-order valence-electron chi connectivity index (χ0n) is 10.1. The van der Waals surface area contributed by atoms with Gasteiger partial charge in [0.05, 0.1) is 13.7 Å². The molecule has 1 N–H and O–H groups in total. The zero-order valence-corrected chi connectivity index (χ0v) is 10.1. The van der Waals surface area contributed by atoms with Crippen LogP contribution in [0.4, 0.5) is 10.5 Å². The molecule has 1 rings (SSSR count). The van der Waals surface area contributed by atoms with Crippen LogP contribution in [-0.4, -0.2) is 19.8 Å². The van der Waals surface area contributed by atoms with Crippen LogP contribution in [0.3, 0.4) is 0 Å². The van der Waals surface area contributed by atoms with Crippen LogP contribution in [0, 0.1) is 13.8 Å². The fourth-order valence-electron chi connectivity index (χ4n) is 1.56. The maximum Gasteiger partial charge on any atom is 0.411 e. The molecular formula is C12H17NO3. The number of rotatable bonds is 3. The summed E-state index contributed by atoms with van der Waals surface area (Å²) < 4.78 is 10.0. The summed E-state index contributed by atoms with van der Waals surface area (Å²) in [7, 11) is 1.34. The first-order chi connectivity index (χ1) is 7.58. The lowest BCUT2D eigenvalue weighted by atomic mass is 10.1. The van der Waals surface area contributed by atoms with Crippen molar-refractivity contribution in [2.24, 2.45) is 0 Å². The van der Waals surface area contributed by atoms with Crippen LogP contribution in [0.1, 0.15) is 18.1 Å². The first-order valence-electron chi connectivity index (χ1n) is 5.17. The molecule has 0 fully saturated rings. The fraction of sp³-hybridized carbons (Fsp3) is 0.417. The number of benzene rings is 1. The van der Waals surface area contributed by atoms with Crippen molar-refractivity contribution in [1.82, 2.24) is 0 Å². The van der Waals surface area contributed by atoms with Crippen LogP contribution < -0.4 is 10.1 Å². The molecule has 0 spiro atoms. The molecule has 4 heteroatoms. The van der Waals surface area contributed by atoms with Gasteiger partial charge in [-0.1, -0.05) is 0 Å². The second-order valence-corrected chi connectivity index (χ2v) is 3.49. The van der Waals surface area contributed by atoms with Gasteiger partial charge in [-0.15, -0.1) is 0 Å². The van der Waals surface area contributed by atoms with Gasteiger partial charge in [0.15, 0.2) is 0 Å². The van der Waals surface area contributed by atoms with Crippen molar-refractivity contribution in [1.29, 1.82) is 0 Å². The van der Waals surface area contributed by atoms with Gasteiger partial charge in [-0.05, 0) is 44.0 Å². The van der Waals surface area contributed by atoms with Crippen LogP contribution in [0.5, 0.6) is 5.75 Å². The molecule has 0 heterocycles. The fourth-order valence-corrected chi connectivity index (χ4v) is 1.56. The Balaban J connectivity index is 2.95. The standard InChI is InChI=1S/C12H17NO3/c1-5-16-11-8(2)6-10(7-9(11)3)13-12(14)15-4/h6-7H,5H2,1-4H3,(H,13,14). The van der Waals surface area contributed by atoms with E-state index in [0.717, 1.165) is 16.9 Å². The minimum atomic E-state index is -0.469. The number of amides is 1. The van der Waals surface area contributed by atoms with Crippen LogP contribution in [0.15, 0.2) is 12.1 Å². The SMILES string of the molecule is CCOc1c(C)cc(NC(=O)OC)cc1C. The van der Waals surface area contributed by atoms with Crippen molar-refractivity contribution < 1.29 is 14.3 Å². The van der Waals surface area contributed by atoms with E-state index in [2.05, 4.69) is 10.1 Å². The largest absolute Gasteiger partial charge is 0.493 e. The van der Waals surface area contributed by atoms with Crippen molar-refractivity contribution in [3.05, 3.63) is 23.3 Å². The topological polar surface area (TPSA) is 47.6 Å². The van der Waals surface area contributed by atoms with Crippen LogP contribution in [0.25, 0.3) is 0 Å². The van der Waals surface area contributed by atoms with Crippen LogP contribution in [-0.2, 0) is 4.74 Å². The molecule has 0 saturated heterocycles. The first kappa shape index (κ1) is 12.4. The summed E-state index contributed by atoms with van der Waals surface area (Å²) in [5.74, 6) is 0.873. The third-order valence-electron chi connectivity index (χ3n) is 2.18. The highest BCUT2D eigenvalue weighted by atomic mass is 16.5. The molecule has 0 aliphatic heterocycles. The van der Waals surface area contributed by atoms with E-state index in [0.29, 0.717) is 12.3 Å². The molecule has 0 atom stereocenters. The third kappa shape index (κ3) is 2.89. The van der Waals surface area contributed by atoms with Crippen LogP contribution >= 0.6 is 0 Å². The molecule has 0 aliphatic rings. The smallest absolute Gasteiger partial charge is 0.411 e. The Morgan fingerprint density at radius 2 is 1.88 bits per heavy atom. The molecule has 4 nitrogen and oxygen atoms in total. The molecule has 0 aliphatic carbocycles. The monoisotopic (exact) mass is 223 g/mol. The van der Waals surface area contributed by atoms with Gasteiger partial charge in [-0.2, -0.15) is 0 Å². The maximum atomic E-state index is 11.0. The number of aryl methyl sites for hydroxylation is 2. The number of hydrogen-bond donors (Lipinski definition) is 1. The average molecular weight is 223 g/mol. The molecule has 16 heavy (non-hydrogen) atoms. The van der Waals surface area contributed by atoms with E-state index in [1.165, 1.54) is 7.11 Å². The lowest BCUT2D eigenvalue weighted by Crippen LogP contribution is -2.11. The number of carbonyl (C=O) groups excluding carboxylic acids is 1. The lowest BCUT2D eigenvalue weighted by molar-refractivity contribution is 0.187. The molecule has 1 amide bonds. The molecule has 1 aromatic carbocycles. The van der Waals surface area contributed by atoms with Crippen LogP contribution in [0.2, 0.25) is 0 Å². The van der Waals surface area contributed by atoms with E-state index in [-0.39, 0.29) is 0 Å². The number of anilines is 1. The van der Waals surface area contributed by atoms with Crippen molar-refractivity contribution in [2.45, 2.75) is 20.8 Å². The Kier molecular flexibility index (Phi) is 4.17. The summed E-state index contributed by atoms with van der Waals surface area (Å²) in [6.07, 6.45) is -0.469. The van der Waals surface area contributed by atoms with Gasteiger partial charge in [-0.3, -0.25) is 5.32 Å². The highest BCUT2D eigenvalue weighted by Gasteiger charge is 2.07. The van der Waals surface area contributed by atoms with E-state index in [4.69, 9.17) is 4.74 Å². The van der Waals surface area contributed by atoms with Crippen molar-refractivity contribution in [2.75, 3.05) is 19.0 Å². The summed E-state index contributed by atoms with van der Waals surface area (Å²) in [5, 5.41) is 2.63. The van der Waals surface area contributed by atoms with E-state index >= 15 is 0 Å². The molecule has 1 aromatic rings. The Morgan fingerprint density at radius 3 is 2.31 bits per heavy atom. The predicted molar refractivity (Wildman–Crippen MR) is 63.1 cm³/mol. The van der Waals surface area contributed by atoms with E-state index in [9.17, 15) is 4.79 Å². The normalized spacial score (nSPS) is 9.75. The van der Waals surface area contributed by atoms with Crippen molar-refractivity contribution in [3.8, 4) is 5.75 Å². The Labute approximate surface area is 95.6 Å². The van der Waals surface area contributed by atoms with Gasteiger partial charge in [0, 0.05) is 5.69 Å². The second-order valence-electron chi connectivity index (χ2n) is 3.49. The van der Waals surface area contributed by atoms with E-state index in [1.54, 1.807) is 0 Å². The summed E-state index contributed by atoms with van der Waals surface area (Å²) in [5.41, 5.74) is 2.70. The lowest BCUT2D eigenvalue weighted by Gasteiger charge is -2.13. The second kappa shape index (κ2) is 5.39. The van der Waals surface area contributed by atoms with Gasteiger partial charge < -0.3 is 9.47 Å². The number of ether oxygens (including phenoxy) is 2. The van der Waals surface area contributed by atoms with Gasteiger partial charge in [0.1, 0.15) is 5.75 Å².